The molecule has 4 heterocycles. The number of carbonyl (C=O) groups is 2. The third-order valence-electron chi connectivity index (χ3n) is 7.85. The van der Waals surface area contributed by atoms with Crippen LogP contribution in [0.4, 0.5) is 16.0 Å². The molecular weight excluding hydrogens is 499 g/mol. The van der Waals surface area contributed by atoms with Gasteiger partial charge >= 0.3 is 0 Å². The minimum absolute atomic E-state index is 0.0645. The highest BCUT2D eigenvalue weighted by molar-refractivity contribution is 6.00. The highest BCUT2D eigenvalue weighted by Crippen LogP contribution is 2.32. The summed E-state index contributed by atoms with van der Waals surface area (Å²) in [5, 5.41) is 9.76. The van der Waals surface area contributed by atoms with Gasteiger partial charge in [-0.2, -0.15) is 0 Å². The summed E-state index contributed by atoms with van der Waals surface area (Å²) < 4.78 is 14.3. The summed E-state index contributed by atoms with van der Waals surface area (Å²) >= 11 is 0. The van der Waals surface area contributed by atoms with E-state index in [1.54, 1.807) is 34.3 Å². The summed E-state index contributed by atoms with van der Waals surface area (Å²) in [6, 6.07) is 12.2. The predicted molar refractivity (Wildman–Crippen MR) is 145 cm³/mol. The van der Waals surface area contributed by atoms with Gasteiger partial charge in [-0.05, 0) is 42.7 Å². The minimum Gasteiger partial charge on any atom is -0.393 e. The quantitative estimate of drug-likeness (QED) is 0.542. The summed E-state index contributed by atoms with van der Waals surface area (Å²) in [6.07, 6.45) is 4.55. The van der Waals surface area contributed by atoms with Gasteiger partial charge in [0.05, 0.1) is 6.10 Å². The van der Waals surface area contributed by atoms with Crippen molar-refractivity contribution in [1.82, 2.24) is 19.8 Å². The van der Waals surface area contributed by atoms with E-state index in [1.165, 1.54) is 12.1 Å². The molecule has 0 atom stereocenters. The Balaban J connectivity index is 1.11. The van der Waals surface area contributed by atoms with Gasteiger partial charge in [0.25, 0.3) is 5.91 Å². The number of hydrogen-bond acceptors (Lipinski definition) is 7. The first-order valence-corrected chi connectivity index (χ1v) is 13.4. The van der Waals surface area contributed by atoms with Gasteiger partial charge in [-0.3, -0.25) is 9.59 Å². The van der Waals surface area contributed by atoms with Gasteiger partial charge in [-0.25, -0.2) is 14.4 Å². The Hall–Kier alpha value is -4.05. The number of aliphatic hydroxyl groups excluding tert-OH is 1. The lowest BCUT2D eigenvalue weighted by Crippen LogP contribution is -2.51. The number of carbonyl (C=O) groups excluding carboxylic acids is 2. The maximum Gasteiger partial charge on any atom is 0.254 e. The smallest absolute Gasteiger partial charge is 0.254 e. The van der Waals surface area contributed by atoms with Crippen LogP contribution in [0.25, 0.3) is 11.1 Å². The SMILES string of the molecule is O=C(CN1Cc2ccccc2C1=O)N1CCN(c2ccc(F)cc2-c2cnc(N3CCC(O)CC3)nc2)CC1. The second-order valence-corrected chi connectivity index (χ2v) is 10.3. The van der Waals surface area contributed by atoms with Crippen molar-refractivity contribution < 1.29 is 19.1 Å². The average molecular weight is 531 g/mol. The molecule has 39 heavy (non-hydrogen) atoms. The number of hydrogen-bond donors (Lipinski definition) is 1. The zero-order valence-electron chi connectivity index (χ0n) is 21.7. The van der Waals surface area contributed by atoms with Crippen LogP contribution in [0.15, 0.2) is 54.9 Å². The molecule has 3 aliphatic rings. The molecule has 2 fully saturated rings. The van der Waals surface area contributed by atoms with Crippen LogP contribution in [-0.2, 0) is 11.3 Å². The van der Waals surface area contributed by atoms with E-state index in [0.717, 1.165) is 16.8 Å². The van der Waals surface area contributed by atoms with E-state index in [4.69, 9.17) is 0 Å². The average Bonchev–Trinajstić information content (AvgIpc) is 3.28. The van der Waals surface area contributed by atoms with Crippen molar-refractivity contribution in [2.24, 2.45) is 0 Å². The van der Waals surface area contributed by atoms with Gasteiger partial charge < -0.3 is 24.7 Å². The first-order chi connectivity index (χ1) is 19.0. The molecule has 0 radical (unpaired) electrons. The second kappa shape index (κ2) is 10.6. The van der Waals surface area contributed by atoms with E-state index < -0.39 is 0 Å². The second-order valence-electron chi connectivity index (χ2n) is 10.3. The summed E-state index contributed by atoms with van der Waals surface area (Å²) in [5.41, 5.74) is 3.92. The van der Waals surface area contributed by atoms with Gasteiger partial charge in [-0.1, -0.05) is 18.2 Å². The summed E-state index contributed by atoms with van der Waals surface area (Å²) in [5.74, 6) is 0.104. The van der Waals surface area contributed by atoms with E-state index in [1.807, 2.05) is 23.1 Å². The molecule has 1 N–H and O–H groups in total. The molecule has 10 heteroatoms. The number of fused-ring (bicyclic) bond motifs is 1. The summed E-state index contributed by atoms with van der Waals surface area (Å²) in [7, 11) is 0. The number of anilines is 2. The molecule has 9 nitrogen and oxygen atoms in total. The number of benzene rings is 2. The minimum atomic E-state index is -0.340. The van der Waals surface area contributed by atoms with Gasteiger partial charge in [0.15, 0.2) is 0 Å². The Bertz CT molecular complexity index is 1370. The van der Waals surface area contributed by atoms with E-state index in [0.29, 0.717) is 75.7 Å². The van der Waals surface area contributed by atoms with Crippen molar-refractivity contribution in [3.05, 3.63) is 71.8 Å². The number of piperidine rings is 1. The largest absolute Gasteiger partial charge is 0.393 e. The molecule has 0 bridgehead atoms. The third kappa shape index (κ3) is 5.16. The predicted octanol–water partition coefficient (Wildman–Crippen LogP) is 2.55. The summed E-state index contributed by atoms with van der Waals surface area (Å²) in [6.45, 7) is 4.14. The molecule has 2 amide bonds. The lowest BCUT2D eigenvalue weighted by molar-refractivity contribution is -0.132. The fraction of sp³-hybridized carbons (Fsp3) is 0.379. The number of halogens is 1. The van der Waals surface area contributed by atoms with Crippen molar-refractivity contribution in [1.29, 1.82) is 0 Å². The van der Waals surface area contributed by atoms with E-state index >= 15 is 0 Å². The lowest BCUT2D eigenvalue weighted by Gasteiger charge is -2.37. The molecule has 2 saturated heterocycles. The van der Waals surface area contributed by atoms with Crippen molar-refractivity contribution in [2.45, 2.75) is 25.5 Å². The maximum absolute atomic E-state index is 14.3. The highest BCUT2D eigenvalue weighted by atomic mass is 19.1. The van der Waals surface area contributed by atoms with Crippen molar-refractivity contribution in [3.63, 3.8) is 0 Å². The van der Waals surface area contributed by atoms with Crippen molar-refractivity contribution in [2.75, 3.05) is 55.6 Å². The van der Waals surface area contributed by atoms with Crippen molar-refractivity contribution in [3.8, 4) is 11.1 Å². The number of rotatable bonds is 5. The van der Waals surface area contributed by atoms with Gasteiger partial charge in [0, 0.05) is 80.6 Å². The first-order valence-electron chi connectivity index (χ1n) is 13.4. The fourth-order valence-corrected chi connectivity index (χ4v) is 5.61. The third-order valence-corrected chi connectivity index (χ3v) is 7.85. The highest BCUT2D eigenvalue weighted by Gasteiger charge is 2.31. The van der Waals surface area contributed by atoms with Gasteiger partial charge in [0.2, 0.25) is 11.9 Å². The molecular formula is C29H31FN6O3. The Morgan fingerprint density at radius 3 is 2.36 bits per heavy atom. The standard InChI is InChI=1S/C29H31FN6O3/c30-22-5-6-26(25(15-22)21-16-31-29(32-17-21)35-9-7-23(37)8-10-35)33-11-13-34(14-12-33)27(38)19-36-18-20-3-1-2-4-24(20)28(36)39/h1-6,15-17,23,37H,7-14,18-19H2. The van der Waals surface area contributed by atoms with Crippen LogP contribution < -0.4 is 9.80 Å². The van der Waals surface area contributed by atoms with Crippen LogP contribution in [0.1, 0.15) is 28.8 Å². The fourth-order valence-electron chi connectivity index (χ4n) is 5.61. The molecule has 3 aromatic rings. The van der Waals surface area contributed by atoms with E-state index in [9.17, 15) is 19.1 Å². The maximum atomic E-state index is 14.3. The zero-order valence-corrected chi connectivity index (χ0v) is 21.7. The van der Waals surface area contributed by atoms with E-state index in [-0.39, 0.29) is 30.3 Å². The number of piperazine rings is 1. The number of nitrogens with zero attached hydrogens (tertiary/aromatic N) is 6. The molecule has 0 saturated carbocycles. The lowest BCUT2D eigenvalue weighted by atomic mass is 10.0. The van der Waals surface area contributed by atoms with Gasteiger partial charge in [0.1, 0.15) is 12.4 Å². The first kappa shape index (κ1) is 25.2. The summed E-state index contributed by atoms with van der Waals surface area (Å²) in [4.78, 5) is 42.4. The number of amides is 2. The van der Waals surface area contributed by atoms with Crippen LogP contribution in [-0.4, -0.2) is 88.6 Å². The number of aromatic nitrogens is 2. The molecule has 202 valence electrons. The molecule has 2 aromatic carbocycles. The number of aliphatic hydroxyl groups is 1. The Morgan fingerprint density at radius 1 is 0.923 bits per heavy atom. The van der Waals surface area contributed by atoms with Crippen LogP contribution in [0.3, 0.4) is 0 Å². The molecule has 0 spiro atoms. The topological polar surface area (TPSA) is 93.1 Å². The molecule has 1 aromatic heterocycles. The molecule has 0 unspecified atom stereocenters. The normalized spacial score (nSPS) is 18.1. The Morgan fingerprint density at radius 2 is 1.64 bits per heavy atom. The Labute approximate surface area is 226 Å². The monoisotopic (exact) mass is 530 g/mol. The van der Waals surface area contributed by atoms with Crippen LogP contribution in [0.2, 0.25) is 0 Å². The zero-order chi connectivity index (χ0) is 26.9. The van der Waals surface area contributed by atoms with Crippen LogP contribution in [0, 0.1) is 5.82 Å². The Kier molecular flexibility index (Phi) is 6.86. The molecule has 3 aliphatic heterocycles. The van der Waals surface area contributed by atoms with Crippen molar-refractivity contribution >= 4 is 23.5 Å². The van der Waals surface area contributed by atoms with Crippen LogP contribution in [0.5, 0.6) is 0 Å². The van der Waals surface area contributed by atoms with Gasteiger partial charge in [-0.15, -0.1) is 0 Å². The van der Waals surface area contributed by atoms with E-state index in [2.05, 4.69) is 14.9 Å². The molecule has 6 rings (SSSR count). The molecule has 0 aliphatic carbocycles. The van der Waals surface area contributed by atoms with Crippen LogP contribution >= 0.6 is 0 Å².